The molecule has 4 rings (SSSR count). The molecule has 0 saturated heterocycles. The molecule has 1 aromatic carbocycles. The summed E-state index contributed by atoms with van der Waals surface area (Å²) in [5.74, 6) is 0. The van der Waals surface area contributed by atoms with E-state index in [9.17, 15) is 4.79 Å². The summed E-state index contributed by atoms with van der Waals surface area (Å²) in [5, 5.41) is 7.64. The predicted molar refractivity (Wildman–Crippen MR) is 92.8 cm³/mol. The van der Waals surface area contributed by atoms with E-state index in [2.05, 4.69) is 40.7 Å². The number of aromatic nitrogens is 1. The molecule has 2 aliphatic carbocycles. The standard InChI is InChI=1S/C19H25N3O/c1-12-7-8-17-15(9-12)16-10-14(11-18(16)22-17)21-19(23)20-13-5-3-2-4-6-13/h7-9,13-14,22H,2-6,10-11H2,1H3,(H2,20,21,23). The zero-order valence-electron chi connectivity index (χ0n) is 13.7. The smallest absolute Gasteiger partial charge is 0.315 e. The monoisotopic (exact) mass is 311 g/mol. The Hall–Kier alpha value is -1.97. The zero-order valence-corrected chi connectivity index (χ0v) is 13.7. The van der Waals surface area contributed by atoms with Gasteiger partial charge in [0.2, 0.25) is 0 Å². The van der Waals surface area contributed by atoms with Gasteiger partial charge in [-0.2, -0.15) is 0 Å². The number of aryl methyl sites for hydroxylation is 1. The number of aromatic amines is 1. The van der Waals surface area contributed by atoms with E-state index in [0.29, 0.717) is 6.04 Å². The average Bonchev–Trinajstić information content (AvgIpc) is 3.05. The lowest BCUT2D eigenvalue weighted by Crippen LogP contribution is -2.47. The lowest BCUT2D eigenvalue weighted by Gasteiger charge is -2.24. The first kappa shape index (κ1) is 14.6. The molecule has 4 nitrogen and oxygen atoms in total. The Morgan fingerprint density at radius 2 is 1.87 bits per heavy atom. The molecule has 1 atom stereocenters. The third-order valence-corrected chi connectivity index (χ3v) is 5.33. The summed E-state index contributed by atoms with van der Waals surface area (Å²) in [4.78, 5) is 15.7. The maximum Gasteiger partial charge on any atom is 0.315 e. The second-order valence-electron chi connectivity index (χ2n) is 7.19. The van der Waals surface area contributed by atoms with Gasteiger partial charge in [0, 0.05) is 35.1 Å². The molecule has 3 N–H and O–H groups in total. The molecule has 0 radical (unpaired) electrons. The molecule has 0 spiro atoms. The van der Waals surface area contributed by atoms with Crippen molar-refractivity contribution in [2.24, 2.45) is 0 Å². The molecule has 2 aromatic rings. The van der Waals surface area contributed by atoms with Crippen LogP contribution >= 0.6 is 0 Å². The van der Waals surface area contributed by atoms with Crippen LogP contribution in [0.25, 0.3) is 10.9 Å². The summed E-state index contributed by atoms with van der Waals surface area (Å²) < 4.78 is 0. The molecular formula is C19H25N3O. The minimum Gasteiger partial charge on any atom is -0.358 e. The maximum atomic E-state index is 12.2. The Labute approximate surface area is 137 Å². The van der Waals surface area contributed by atoms with Gasteiger partial charge in [0.25, 0.3) is 0 Å². The van der Waals surface area contributed by atoms with Gasteiger partial charge in [0.15, 0.2) is 0 Å². The van der Waals surface area contributed by atoms with Crippen LogP contribution in [-0.2, 0) is 12.8 Å². The van der Waals surface area contributed by atoms with Crippen molar-refractivity contribution in [2.45, 2.75) is 64.0 Å². The summed E-state index contributed by atoms with van der Waals surface area (Å²) in [6, 6.07) is 7.13. The molecule has 2 amide bonds. The molecule has 23 heavy (non-hydrogen) atoms. The van der Waals surface area contributed by atoms with Gasteiger partial charge in [0.05, 0.1) is 0 Å². The van der Waals surface area contributed by atoms with Crippen molar-refractivity contribution in [3.05, 3.63) is 35.0 Å². The molecule has 1 unspecified atom stereocenters. The van der Waals surface area contributed by atoms with Gasteiger partial charge in [-0.05, 0) is 43.9 Å². The van der Waals surface area contributed by atoms with E-state index in [4.69, 9.17) is 0 Å². The number of fused-ring (bicyclic) bond motifs is 3. The van der Waals surface area contributed by atoms with Crippen LogP contribution in [0.5, 0.6) is 0 Å². The summed E-state index contributed by atoms with van der Waals surface area (Å²) >= 11 is 0. The van der Waals surface area contributed by atoms with Crippen LogP contribution < -0.4 is 10.6 Å². The van der Waals surface area contributed by atoms with Crippen molar-refractivity contribution in [1.82, 2.24) is 15.6 Å². The molecule has 1 fully saturated rings. The molecule has 0 bridgehead atoms. The fourth-order valence-corrected chi connectivity index (χ4v) is 4.15. The first-order valence-corrected chi connectivity index (χ1v) is 8.86. The molecule has 2 aliphatic rings. The Kier molecular flexibility index (Phi) is 3.76. The maximum absolute atomic E-state index is 12.2. The lowest BCUT2D eigenvalue weighted by molar-refractivity contribution is 0.229. The van der Waals surface area contributed by atoms with Crippen LogP contribution in [0.4, 0.5) is 4.79 Å². The van der Waals surface area contributed by atoms with Gasteiger partial charge in [0.1, 0.15) is 0 Å². The highest BCUT2D eigenvalue weighted by Gasteiger charge is 2.27. The highest BCUT2D eigenvalue weighted by molar-refractivity contribution is 5.86. The number of hydrogen-bond donors (Lipinski definition) is 3. The predicted octanol–water partition coefficient (Wildman–Crippen LogP) is 3.58. The Bertz CT molecular complexity index is 728. The fraction of sp³-hybridized carbons (Fsp3) is 0.526. The largest absolute Gasteiger partial charge is 0.358 e. The highest BCUT2D eigenvalue weighted by atomic mass is 16.2. The van der Waals surface area contributed by atoms with Crippen molar-refractivity contribution < 1.29 is 4.79 Å². The Balaban J connectivity index is 1.40. The molecule has 1 heterocycles. The summed E-state index contributed by atoms with van der Waals surface area (Å²) in [5.41, 5.74) is 5.16. The van der Waals surface area contributed by atoms with Crippen molar-refractivity contribution in [1.29, 1.82) is 0 Å². The second-order valence-corrected chi connectivity index (χ2v) is 7.19. The van der Waals surface area contributed by atoms with Crippen LogP contribution in [0, 0.1) is 6.92 Å². The third-order valence-electron chi connectivity index (χ3n) is 5.33. The average molecular weight is 311 g/mol. The Morgan fingerprint density at radius 3 is 2.70 bits per heavy atom. The van der Waals surface area contributed by atoms with Crippen LogP contribution in [0.2, 0.25) is 0 Å². The summed E-state index contributed by atoms with van der Waals surface area (Å²) in [6.07, 6.45) is 7.87. The van der Waals surface area contributed by atoms with E-state index < -0.39 is 0 Å². The number of amides is 2. The van der Waals surface area contributed by atoms with Gasteiger partial charge >= 0.3 is 6.03 Å². The van der Waals surface area contributed by atoms with Crippen LogP contribution in [-0.4, -0.2) is 23.1 Å². The number of urea groups is 1. The first-order valence-electron chi connectivity index (χ1n) is 8.86. The van der Waals surface area contributed by atoms with Gasteiger partial charge in [-0.1, -0.05) is 30.9 Å². The van der Waals surface area contributed by atoms with Crippen LogP contribution in [0.3, 0.4) is 0 Å². The number of benzene rings is 1. The number of hydrogen-bond acceptors (Lipinski definition) is 1. The quantitative estimate of drug-likeness (QED) is 0.780. The van der Waals surface area contributed by atoms with Crippen molar-refractivity contribution >= 4 is 16.9 Å². The fourth-order valence-electron chi connectivity index (χ4n) is 4.15. The molecule has 122 valence electrons. The van der Waals surface area contributed by atoms with Gasteiger partial charge in [-0.3, -0.25) is 0 Å². The normalized spacial score (nSPS) is 21.3. The van der Waals surface area contributed by atoms with Gasteiger partial charge < -0.3 is 15.6 Å². The number of nitrogens with one attached hydrogen (secondary N) is 3. The van der Waals surface area contributed by atoms with Crippen molar-refractivity contribution in [3.8, 4) is 0 Å². The molecule has 0 aliphatic heterocycles. The first-order chi connectivity index (χ1) is 11.2. The van der Waals surface area contributed by atoms with Crippen LogP contribution in [0.1, 0.15) is 48.9 Å². The van der Waals surface area contributed by atoms with Crippen molar-refractivity contribution in [2.75, 3.05) is 0 Å². The van der Waals surface area contributed by atoms with E-state index in [0.717, 1.165) is 25.7 Å². The van der Waals surface area contributed by atoms with E-state index in [1.165, 1.54) is 47.0 Å². The highest BCUT2D eigenvalue weighted by Crippen LogP contribution is 2.30. The second kappa shape index (κ2) is 5.91. The number of rotatable bonds is 2. The molecule has 4 heteroatoms. The molecule has 1 aromatic heterocycles. The van der Waals surface area contributed by atoms with Gasteiger partial charge in [-0.25, -0.2) is 4.79 Å². The minimum absolute atomic E-state index is 0.00698. The zero-order chi connectivity index (χ0) is 15.8. The molecule has 1 saturated carbocycles. The summed E-state index contributed by atoms with van der Waals surface area (Å²) in [6.45, 7) is 2.13. The van der Waals surface area contributed by atoms with Crippen LogP contribution in [0.15, 0.2) is 18.2 Å². The van der Waals surface area contributed by atoms with Crippen molar-refractivity contribution in [3.63, 3.8) is 0 Å². The van der Waals surface area contributed by atoms with E-state index >= 15 is 0 Å². The number of H-pyrrole nitrogens is 1. The van der Waals surface area contributed by atoms with E-state index in [-0.39, 0.29) is 12.1 Å². The Morgan fingerprint density at radius 1 is 1.09 bits per heavy atom. The van der Waals surface area contributed by atoms with Gasteiger partial charge in [-0.15, -0.1) is 0 Å². The SMILES string of the molecule is Cc1ccc2[nH]c3c(c2c1)CC(NC(=O)NC1CCCCC1)C3. The number of carbonyl (C=O) groups excluding carboxylic acids is 1. The number of carbonyl (C=O) groups is 1. The minimum atomic E-state index is 0.00698. The van der Waals surface area contributed by atoms with E-state index in [1.807, 2.05) is 0 Å². The topological polar surface area (TPSA) is 56.9 Å². The summed E-state index contributed by atoms with van der Waals surface area (Å²) in [7, 11) is 0. The third kappa shape index (κ3) is 2.94. The lowest BCUT2D eigenvalue weighted by atomic mass is 9.96. The molecular weight excluding hydrogens is 286 g/mol. The van der Waals surface area contributed by atoms with E-state index in [1.54, 1.807) is 0 Å².